The van der Waals surface area contributed by atoms with Gasteiger partial charge in [-0.1, -0.05) is 41.9 Å². The SMILES string of the molecule is CC(C)CC(CBr)Cc1ccc(O)cc1. The summed E-state index contributed by atoms with van der Waals surface area (Å²) in [6.45, 7) is 4.51. The molecule has 0 aliphatic carbocycles. The Hall–Kier alpha value is -0.500. The van der Waals surface area contributed by atoms with E-state index in [4.69, 9.17) is 0 Å². The number of hydrogen-bond donors (Lipinski definition) is 1. The highest BCUT2D eigenvalue weighted by Crippen LogP contribution is 2.20. The Morgan fingerprint density at radius 1 is 1.20 bits per heavy atom. The first-order valence-electron chi connectivity index (χ1n) is 5.45. The molecule has 0 aliphatic heterocycles. The summed E-state index contributed by atoms with van der Waals surface area (Å²) in [7, 11) is 0. The molecule has 15 heavy (non-hydrogen) atoms. The third-order valence-electron chi connectivity index (χ3n) is 2.48. The van der Waals surface area contributed by atoms with Crippen molar-refractivity contribution in [2.75, 3.05) is 5.33 Å². The van der Waals surface area contributed by atoms with Crippen LogP contribution in [0.4, 0.5) is 0 Å². The molecular formula is C13H19BrO. The molecule has 1 rings (SSSR count). The van der Waals surface area contributed by atoms with Crippen molar-refractivity contribution in [3.63, 3.8) is 0 Å². The predicted octanol–water partition coefficient (Wildman–Crippen LogP) is 3.99. The van der Waals surface area contributed by atoms with Gasteiger partial charge in [0.2, 0.25) is 0 Å². The van der Waals surface area contributed by atoms with Crippen molar-refractivity contribution in [3.8, 4) is 5.75 Å². The first kappa shape index (κ1) is 12.6. The fourth-order valence-corrected chi connectivity index (χ4v) is 2.33. The van der Waals surface area contributed by atoms with Gasteiger partial charge in [-0.2, -0.15) is 0 Å². The molecule has 0 heterocycles. The molecular weight excluding hydrogens is 252 g/mol. The highest BCUT2D eigenvalue weighted by molar-refractivity contribution is 9.09. The van der Waals surface area contributed by atoms with Crippen molar-refractivity contribution >= 4 is 15.9 Å². The minimum atomic E-state index is 0.345. The summed E-state index contributed by atoms with van der Waals surface area (Å²) >= 11 is 3.57. The minimum Gasteiger partial charge on any atom is -0.508 e. The Morgan fingerprint density at radius 3 is 2.27 bits per heavy atom. The molecule has 1 unspecified atom stereocenters. The third-order valence-corrected chi connectivity index (χ3v) is 3.40. The quantitative estimate of drug-likeness (QED) is 0.803. The number of phenols is 1. The highest BCUT2D eigenvalue weighted by atomic mass is 79.9. The van der Waals surface area contributed by atoms with Crippen molar-refractivity contribution in [2.45, 2.75) is 26.7 Å². The Kier molecular flexibility index (Phi) is 5.16. The molecule has 1 nitrogen and oxygen atoms in total. The maximum absolute atomic E-state index is 9.18. The summed E-state index contributed by atoms with van der Waals surface area (Å²) in [5.74, 6) is 1.78. The summed E-state index contributed by atoms with van der Waals surface area (Å²) in [5.41, 5.74) is 1.30. The fourth-order valence-electron chi connectivity index (χ4n) is 1.83. The van der Waals surface area contributed by atoms with Gasteiger partial charge in [-0.25, -0.2) is 0 Å². The smallest absolute Gasteiger partial charge is 0.115 e. The van der Waals surface area contributed by atoms with Crippen LogP contribution in [0.1, 0.15) is 25.8 Å². The van der Waals surface area contributed by atoms with Gasteiger partial charge in [-0.05, 0) is 42.4 Å². The molecule has 0 radical (unpaired) electrons. The topological polar surface area (TPSA) is 20.2 Å². The second-order valence-corrected chi connectivity index (χ2v) is 5.17. The highest BCUT2D eigenvalue weighted by Gasteiger charge is 2.10. The molecule has 0 spiro atoms. The molecule has 1 N–H and O–H groups in total. The summed E-state index contributed by atoms with van der Waals surface area (Å²) in [6, 6.07) is 7.53. The van der Waals surface area contributed by atoms with Crippen LogP contribution in [0.5, 0.6) is 5.75 Å². The normalized spacial score (nSPS) is 13.1. The van der Waals surface area contributed by atoms with Gasteiger partial charge in [0.1, 0.15) is 5.75 Å². The Bertz CT molecular complexity index is 279. The van der Waals surface area contributed by atoms with Gasteiger partial charge in [0.25, 0.3) is 0 Å². The maximum Gasteiger partial charge on any atom is 0.115 e. The second-order valence-electron chi connectivity index (χ2n) is 4.52. The van der Waals surface area contributed by atoms with Crippen LogP contribution in [0.2, 0.25) is 0 Å². The zero-order valence-corrected chi connectivity index (χ0v) is 11.0. The lowest BCUT2D eigenvalue weighted by atomic mass is 9.92. The van der Waals surface area contributed by atoms with Gasteiger partial charge in [0.15, 0.2) is 0 Å². The van der Waals surface area contributed by atoms with Gasteiger partial charge < -0.3 is 5.11 Å². The van der Waals surface area contributed by atoms with Crippen LogP contribution in [0.15, 0.2) is 24.3 Å². The number of rotatable bonds is 5. The predicted molar refractivity (Wildman–Crippen MR) is 68.5 cm³/mol. The molecule has 84 valence electrons. The van der Waals surface area contributed by atoms with E-state index in [2.05, 4.69) is 29.8 Å². The minimum absolute atomic E-state index is 0.345. The molecule has 0 aromatic heterocycles. The first-order valence-corrected chi connectivity index (χ1v) is 6.57. The van der Waals surface area contributed by atoms with Gasteiger partial charge in [-0.3, -0.25) is 0 Å². The van der Waals surface area contributed by atoms with Crippen molar-refractivity contribution in [1.82, 2.24) is 0 Å². The largest absolute Gasteiger partial charge is 0.508 e. The summed E-state index contributed by atoms with van der Waals surface area (Å²) in [5, 5.41) is 10.2. The second kappa shape index (κ2) is 6.16. The van der Waals surface area contributed by atoms with Crippen LogP contribution >= 0.6 is 15.9 Å². The Morgan fingerprint density at radius 2 is 1.80 bits per heavy atom. The van der Waals surface area contributed by atoms with E-state index in [1.165, 1.54) is 12.0 Å². The van der Waals surface area contributed by atoms with Crippen LogP contribution < -0.4 is 0 Å². The molecule has 2 heteroatoms. The summed E-state index contributed by atoms with van der Waals surface area (Å²) in [4.78, 5) is 0. The van der Waals surface area contributed by atoms with E-state index < -0.39 is 0 Å². The van der Waals surface area contributed by atoms with E-state index in [0.29, 0.717) is 11.7 Å². The summed E-state index contributed by atoms with van der Waals surface area (Å²) in [6.07, 6.45) is 2.33. The van der Waals surface area contributed by atoms with E-state index in [9.17, 15) is 5.11 Å². The van der Waals surface area contributed by atoms with E-state index in [0.717, 1.165) is 17.7 Å². The zero-order valence-electron chi connectivity index (χ0n) is 9.41. The number of alkyl halides is 1. The molecule has 1 aromatic carbocycles. The molecule has 1 aromatic rings. The summed E-state index contributed by atoms with van der Waals surface area (Å²) < 4.78 is 0. The van der Waals surface area contributed by atoms with Gasteiger partial charge in [0.05, 0.1) is 0 Å². The Balaban J connectivity index is 2.54. The van der Waals surface area contributed by atoms with Crippen molar-refractivity contribution in [3.05, 3.63) is 29.8 Å². The van der Waals surface area contributed by atoms with E-state index in [1.807, 2.05) is 12.1 Å². The average Bonchev–Trinajstić information content (AvgIpc) is 2.19. The lowest BCUT2D eigenvalue weighted by Gasteiger charge is -2.16. The molecule has 1 atom stereocenters. The number of halogens is 1. The molecule has 0 saturated carbocycles. The third kappa shape index (κ3) is 4.70. The van der Waals surface area contributed by atoms with E-state index in [1.54, 1.807) is 12.1 Å². The van der Waals surface area contributed by atoms with E-state index >= 15 is 0 Å². The number of hydrogen-bond acceptors (Lipinski definition) is 1. The lowest BCUT2D eigenvalue weighted by molar-refractivity contribution is 0.444. The van der Waals surface area contributed by atoms with Crippen LogP contribution in [-0.4, -0.2) is 10.4 Å². The monoisotopic (exact) mass is 270 g/mol. The molecule has 0 saturated heterocycles. The average molecular weight is 271 g/mol. The molecule has 0 amide bonds. The fraction of sp³-hybridized carbons (Fsp3) is 0.538. The Labute approximate surface area is 101 Å². The number of phenolic OH excluding ortho intramolecular Hbond substituents is 1. The van der Waals surface area contributed by atoms with E-state index in [-0.39, 0.29) is 0 Å². The number of aromatic hydroxyl groups is 1. The van der Waals surface area contributed by atoms with Crippen molar-refractivity contribution < 1.29 is 5.11 Å². The van der Waals surface area contributed by atoms with Gasteiger partial charge in [-0.15, -0.1) is 0 Å². The van der Waals surface area contributed by atoms with Crippen molar-refractivity contribution in [1.29, 1.82) is 0 Å². The van der Waals surface area contributed by atoms with Gasteiger partial charge >= 0.3 is 0 Å². The molecule has 0 fully saturated rings. The molecule has 0 bridgehead atoms. The lowest BCUT2D eigenvalue weighted by Crippen LogP contribution is -2.09. The van der Waals surface area contributed by atoms with Crippen LogP contribution in [0.3, 0.4) is 0 Å². The van der Waals surface area contributed by atoms with Crippen LogP contribution in [0, 0.1) is 11.8 Å². The van der Waals surface area contributed by atoms with Crippen molar-refractivity contribution in [2.24, 2.45) is 11.8 Å². The standard InChI is InChI=1S/C13H19BrO/c1-10(2)7-12(9-14)8-11-3-5-13(15)6-4-11/h3-6,10,12,15H,7-9H2,1-2H3. The maximum atomic E-state index is 9.18. The number of benzene rings is 1. The van der Waals surface area contributed by atoms with Crippen LogP contribution in [0.25, 0.3) is 0 Å². The zero-order chi connectivity index (χ0) is 11.3. The van der Waals surface area contributed by atoms with Gasteiger partial charge in [0, 0.05) is 5.33 Å². The first-order chi connectivity index (χ1) is 7.11. The molecule has 0 aliphatic rings. The van der Waals surface area contributed by atoms with Crippen LogP contribution in [-0.2, 0) is 6.42 Å².